The largest absolute Gasteiger partial charge is 0.460 e. The molecule has 6 nitrogen and oxygen atoms in total. The van der Waals surface area contributed by atoms with Crippen molar-refractivity contribution in [3.05, 3.63) is 87.8 Å². The van der Waals surface area contributed by atoms with Crippen LogP contribution in [0, 0.1) is 18.8 Å². The van der Waals surface area contributed by atoms with E-state index in [4.69, 9.17) is 16.3 Å². The van der Waals surface area contributed by atoms with Gasteiger partial charge in [0.15, 0.2) is 0 Å². The van der Waals surface area contributed by atoms with E-state index in [1.807, 2.05) is 43.3 Å². The summed E-state index contributed by atoms with van der Waals surface area (Å²) >= 11 is 6.19. The summed E-state index contributed by atoms with van der Waals surface area (Å²) in [6.45, 7) is 7.18. The van der Waals surface area contributed by atoms with Crippen LogP contribution in [-0.2, 0) is 16.0 Å². The Hall–Kier alpha value is -3.69. The molecule has 0 spiro atoms. The number of carbonyl (C=O) groups excluding carboxylic acids is 2. The number of ether oxygens (including phenoxy) is 1. The van der Waals surface area contributed by atoms with Crippen LogP contribution in [0.1, 0.15) is 53.6 Å². The van der Waals surface area contributed by atoms with Crippen LogP contribution < -0.4 is 5.32 Å². The molecule has 1 amide bonds. The second kappa shape index (κ2) is 10.3. The standard InChI is InChI=1S/C26H24ClN3O3/c1-17-14-19(11-10-18-8-6-5-7-9-18)16-28-24(17)30-25(32)23-21(27)13-12-20(29-23)15-22(31)33-26(2,3)4/h5-9,12-14,16H,15H2,1-4H3,(H,28,30,32). The van der Waals surface area contributed by atoms with Gasteiger partial charge in [0.25, 0.3) is 5.91 Å². The minimum absolute atomic E-state index is 0.00636. The third kappa shape index (κ3) is 7.16. The fraction of sp³-hybridized carbons (Fsp3) is 0.231. The Balaban J connectivity index is 1.73. The molecule has 33 heavy (non-hydrogen) atoms. The van der Waals surface area contributed by atoms with E-state index < -0.39 is 17.5 Å². The Bertz CT molecular complexity index is 1240. The van der Waals surface area contributed by atoms with Crippen molar-refractivity contribution in [2.45, 2.75) is 39.7 Å². The van der Waals surface area contributed by atoms with Gasteiger partial charge in [-0.15, -0.1) is 0 Å². The third-order valence-corrected chi connectivity index (χ3v) is 4.60. The zero-order valence-corrected chi connectivity index (χ0v) is 19.7. The number of carbonyl (C=O) groups is 2. The van der Waals surface area contributed by atoms with E-state index in [2.05, 4.69) is 27.1 Å². The lowest BCUT2D eigenvalue weighted by molar-refractivity contribution is -0.154. The topological polar surface area (TPSA) is 81.2 Å². The molecule has 2 heterocycles. The zero-order valence-electron chi connectivity index (χ0n) is 18.9. The molecule has 168 valence electrons. The van der Waals surface area contributed by atoms with Crippen molar-refractivity contribution >= 4 is 29.3 Å². The highest BCUT2D eigenvalue weighted by atomic mass is 35.5. The van der Waals surface area contributed by atoms with E-state index >= 15 is 0 Å². The number of halogens is 1. The van der Waals surface area contributed by atoms with Crippen LogP contribution in [-0.4, -0.2) is 27.4 Å². The molecule has 2 aromatic heterocycles. The Morgan fingerprint density at radius 1 is 1.06 bits per heavy atom. The predicted octanol–water partition coefficient (Wildman–Crippen LogP) is 4.97. The lowest BCUT2D eigenvalue weighted by atomic mass is 10.1. The number of pyridine rings is 2. The molecule has 0 radical (unpaired) electrons. The highest BCUT2D eigenvalue weighted by Crippen LogP contribution is 2.19. The molecule has 0 aliphatic rings. The summed E-state index contributed by atoms with van der Waals surface area (Å²) in [5.74, 6) is 5.55. The number of anilines is 1. The number of aryl methyl sites for hydroxylation is 1. The van der Waals surface area contributed by atoms with Gasteiger partial charge in [0.1, 0.15) is 17.1 Å². The van der Waals surface area contributed by atoms with Crippen molar-refractivity contribution in [3.8, 4) is 11.8 Å². The van der Waals surface area contributed by atoms with E-state index in [0.29, 0.717) is 11.5 Å². The minimum atomic E-state index is -0.607. The number of nitrogens with zero attached hydrogens (tertiary/aromatic N) is 2. The highest BCUT2D eigenvalue weighted by molar-refractivity contribution is 6.34. The van der Waals surface area contributed by atoms with Crippen LogP contribution >= 0.6 is 11.6 Å². The summed E-state index contributed by atoms with van der Waals surface area (Å²) in [7, 11) is 0. The summed E-state index contributed by atoms with van der Waals surface area (Å²) < 4.78 is 5.31. The average molecular weight is 462 g/mol. The van der Waals surface area contributed by atoms with Gasteiger partial charge in [0, 0.05) is 17.3 Å². The second-order valence-electron chi connectivity index (χ2n) is 8.36. The summed E-state index contributed by atoms with van der Waals surface area (Å²) in [5.41, 5.74) is 2.15. The average Bonchev–Trinajstić information content (AvgIpc) is 2.74. The van der Waals surface area contributed by atoms with E-state index in [-0.39, 0.29) is 17.1 Å². The SMILES string of the molecule is Cc1cc(C#Cc2ccccc2)cnc1NC(=O)c1nc(CC(=O)OC(C)(C)C)ccc1Cl. The van der Waals surface area contributed by atoms with E-state index in [1.54, 1.807) is 33.0 Å². The number of esters is 1. The van der Waals surface area contributed by atoms with Crippen LogP contribution in [0.25, 0.3) is 0 Å². The number of amides is 1. The number of rotatable bonds is 4. The molecular weight excluding hydrogens is 438 g/mol. The number of hydrogen-bond donors (Lipinski definition) is 1. The highest BCUT2D eigenvalue weighted by Gasteiger charge is 2.19. The van der Waals surface area contributed by atoms with Crippen molar-refractivity contribution in [3.63, 3.8) is 0 Å². The maximum Gasteiger partial charge on any atom is 0.312 e. The Kier molecular flexibility index (Phi) is 7.47. The van der Waals surface area contributed by atoms with Crippen LogP contribution in [0.3, 0.4) is 0 Å². The van der Waals surface area contributed by atoms with Crippen molar-refractivity contribution in [1.29, 1.82) is 0 Å². The van der Waals surface area contributed by atoms with Crippen LogP contribution in [0.5, 0.6) is 0 Å². The first-order chi connectivity index (χ1) is 15.6. The summed E-state index contributed by atoms with van der Waals surface area (Å²) in [5, 5.41) is 2.90. The fourth-order valence-electron chi connectivity index (χ4n) is 2.87. The zero-order chi connectivity index (χ0) is 24.0. The fourth-order valence-corrected chi connectivity index (χ4v) is 3.06. The number of nitrogens with one attached hydrogen (secondary N) is 1. The van der Waals surface area contributed by atoms with Gasteiger partial charge in [0.05, 0.1) is 17.1 Å². The van der Waals surface area contributed by atoms with Crippen molar-refractivity contribution in [2.75, 3.05) is 5.32 Å². The summed E-state index contributed by atoms with van der Waals surface area (Å²) in [6, 6.07) is 14.6. The van der Waals surface area contributed by atoms with Crippen molar-refractivity contribution < 1.29 is 14.3 Å². The van der Waals surface area contributed by atoms with Crippen molar-refractivity contribution in [2.24, 2.45) is 0 Å². The molecule has 0 bridgehead atoms. The van der Waals surface area contributed by atoms with Crippen molar-refractivity contribution in [1.82, 2.24) is 9.97 Å². The third-order valence-electron chi connectivity index (χ3n) is 4.30. The van der Waals surface area contributed by atoms with Gasteiger partial charge in [-0.05, 0) is 63.6 Å². The molecule has 7 heteroatoms. The summed E-state index contributed by atoms with van der Waals surface area (Å²) in [4.78, 5) is 33.5. The molecule has 3 aromatic rings. The van der Waals surface area contributed by atoms with Gasteiger partial charge in [0.2, 0.25) is 0 Å². The van der Waals surface area contributed by atoms with Gasteiger partial charge in [-0.2, -0.15) is 0 Å². The maximum absolute atomic E-state index is 12.8. The van der Waals surface area contributed by atoms with Gasteiger partial charge in [-0.3, -0.25) is 9.59 Å². The van der Waals surface area contributed by atoms with Crippen LogP contribution in [0.15, 0.2) is 54.7 Å². The Morgan fingerprint density at radius 2 is 1.76 bits per heavy atom. The van der Waals surface area contributed by atoms with Gasteiger partial charge < -0.3 is 10.1 Å². The first kappa shape index (κ1) is 24.0. The normalized spacial score (nSPS) is 10.7. The van der Waals surface area contributed by atoms with Gasteiger partial charge in [-0.1, -0.05) is 41.6 Å². The lowest BCUT2D eigenvalue weighted by Gasteiger charge is -2.19. The molecule has 0 saturated heterocycles. The van der Waals surface area contributed by atoms with E-state index in [9.17, 15) is 9.59 Å². The molecule has 0 aliphatic carbocycles. The maximum atomic E-state index is 12.8. The van der Waals surface area contributed by atoms with E-state index in [0.717, 1.165) is 16.7 Å². The monoisotopic (exact) mass is 461 g/mol. The molecule has 0 saturated carbocycles. The Labute approximate surface area is 198 Å². The minimum Gasteiger partial charge on any atom is -0.460 e. The first-order valence-electron chi connectivity index (χ1n) is 10.3. The van der Waals surface area contributed by atoms with Crippen LogP contribution in [0.4, 0.5) is 5.82 Å². The van der Waals surface area contributed by atoms with Crippen LogP contribution in [0.2, 0.25) is 5.02 Å². The smallest absolute Gasteiger partial charge is 0.312 e. The Morgan fingerprint density at radius 3 is 2.42 bits per heavy atom. The predicted molar refractivity (Wildman–Crippen MR) is 128 cm³/mol. The summed E-state index contributed by atoms with van der Waals surface area (Å²) in [6.07, 6.45) is 1.52. The molecule has 1 aromatic carbocycles. The molecule has 1 N–H and O–H groups in total. The molecular formula is C26H24ClN3O3. The molecule has 0 aliphatic heterocycles. The van der Waals surface area contributed by atoms with Gasteiger partial charge in [-0.25, -0.2) is 9.97 Å². The number of hydrogen-bond acceptors (Lipinski definition) is 5. The molecule has 0 fully saturated rings. The molecule has 3 rings (SSSR count). The quantitative estimate of drug-likeness (QED) is 0.438. The molecule has 0 unspecified atom stereocenters. The second-order valence-corrected chi connectivity index (χ2v) is 8.76. The first-order valence-corrected chi connectivity index (χ1v) is 10.7. The number of aromatic nitrogens is 2. The lowest BCUT2D eigenvalue weighted by Crippen LogP contribution is -2.25. The molecule has 0 atom stereocenters. The number of benzene rings is 1. The van der Waals surface area contributed by atoms with Gasteiger partial charge >= 0.3 is 5.97 Å². The van der Waals surface area contributed by atoms with E-state index in [1.165, 1.54) is 6.07 Å².